The van der Waals surface area contributed by atoms with E-state index in [1.165, 1.54) is 38.5 Å². The number of phenols is 3. The Kier molecular flexibility index (Phi) is 10.1. The van der Waals surface area contributed by atoms with Crippen molar-refractivity contribution in [1.29, 1.82) is 0 Å². The number of nitrogens with one attached hydrogen (secondary N) is 1. The highest BCUT2D eigenvalue weighted by atomic mass is 16.6. The van der Waals surface area contributed by atoms with E-state index < -0.39 is 22.8 Å². The van der Waals surface area contributed by atoms with Crippen LogP contribution in [-0.2, 0) is 19.1 Å². The second kappa shape index (κ2) is 13.7. The van der Waals surface area contributed by atoms with Gasteiger partial charge in [-0.25, -0.2) is 9.59 Å². The molecule has 4 N–H and O–H groups in total. The predicted molar refractivity (Wildman–Crippen MR) is 155 cm³/mol. The number of methoxy groups -OCH3 is 2. The summed E-state index contributed by atoms with van der Waals surface area (Å²) in [7, 11) is 2.42. The summed E-state index contributed by atoms with van der Waals surface area (Å²) in [5.41, 5.74) is 2.82. The molecule has 0 fully saturated rings. The second-order valence-corrected chi connectivity index (χ2v) is 9.14. The predicted octanol–water partition coefficient (Wildman–Crippen LogP) is 5.15. The number of para-hydroxylation sites is 1. The van der Waals surface area contributed by atoms with Crippen molar-refractivity contribution < 1.29 is 39.3 Å². The SMILES string of the molecule is COC(=O)C1=C(C)NC(C)=C(C(=O)OC)C1c1ccccc1[N+](=O)[O-].Oc1ccc(C=Cc2cc(O)cc(O)c2)cc1. The first-order valence-electron chi connectivity index (χ1n) is 12.6. The molecule has 0 amide bonds. The molecular formula is C31H30N2O9. The van der Waals surface area contributed by atoms with Crippen LogP contribution in [0.25, 0.3) is 12.2 Å². The fraction of sp³-hybridized carbons (Fsp3) is 0.161. The third-order valence-electron chi connectivity index (χ3n) is 6.30. The molecule has 1 aliphatic heterocycles. The van der Waals surface area contributed by atoms with Gasteiger partial charge >= 0.3 is 11.9 Å². The lowest BCUT2D eigenvalue weighted by molar-refractivity contribution is -0.385. The van der Waals surface area contributed by atoms with E-state index in [0.29, 0.717) is 17.0 Å². The van der Waals surface area contributed by atoms with Crippen LogP contribution in [-0.4, -0.2) is 46.4 Å². The summed E-state index contributed by atoms with van der Waals surface area (Å²) in [5, 5.41) is 42.1. The molecule has 11 nitrogen and oxygen atoms in total. The third-order valence-corrected chi connectivity index (χ3v) is 6.30. The van der Waals surface area contributed by atoms with Crippen molar-refractivity contribution in [2.75, 3.05) is 14.2 Å². The molecule has 0 bridgehead atoms. The zero-order valence-electron chi connectivity index (χ0n) is 23.3. The first-order valence-corrected chi connectivity index (χ1v) is 12.6. The molecule has 1 heterocycles. The van der Waals surface area contributed by atoms with Crippen LogP contribution < -0.4 is 5.32 Å². The minimum atomic E-state index is -0.970. The van der Waals surface area contributed by atoms with E-state index in [-0.39, 0.29) is 39.6 Å². The van der Waals surface area contributed by atoms with Crippen molar-refractivity contribution in [3.8, 4) is 17.2 Å². The van der Waals surface area contributed by atoms with Gasteiger partial charge in [0.25, 0.3) is 5.69 Å². The van der Waals surface area contributed by atoms with E-state index in [2.05, 4.69) is 5.32 Å². The van der Waals surface area contributed by atoms with Gasteiger partial charge in [0.1, 0.15) is 17.2 Å². The Morgan fingerprint density at radius 2 is 1.29 bits per heavy atom. The maximum Gasteiger partial charge on any atom is 0.336 e. The summed E-state index contributed by atoms with van der Waals surface area (Å²) in [5.74, 6) is -2.06. The van der Waals surface area contributed by atoms with E-state index >= 15 is 0 Å². The summed E-state index contributed by atoms with van der Waals surface area (Å²) in [6.07, 6.45) is 3.60. The van der Waals surface area contributed by atoms with Gasteiger partial charge in [0, 0.05) is 29.1 Å². The van der Waals surface area contributed by atoms with Crippen LogP contribution in [0.4, 0.5) is 5.69 Å². The minimum Gasteiger partial charge on any atom is -0.508 e. The molecule has 3 aromatic carbocycles. The molecule has 0 saturated heterocycles. The van der Waals surface area contributed by atoms with Gasteiger partial charge in [0.2, 0.25) is 0 Å². The molecule has 0 radical (unpaired) electrons. The lowest BCUT2D eigenvalue weighted by Crippen LogP contribution is -2.32. The highest BCUT2D eigenvalue weighted by Crippen LogP contribution is 2.42. The van der Waals surface area contributed by atoms with Crippen LogP contribution in [0.3, 0.4) is 0 Å². The molecular weight excluding hydrogens is 544 g/mol. The number of carbonyl (C=O) groups excluding carboxylic acids is 2. The molecule has 0 aliphatic carbocycles. The lowest BCUT2D eigenvalue weighted by Gasteiger charge is -2.29. The largest absolute Gasteiger partial charge is 0.508 e. The van der Waals surface area contributed by atoms with E-state index in [1.807, 2.05) is 6.08 Å². The minimum absolute atomic E-state index is 0.0235. The first kappa shape index (κ1) is 31.0. The highest BCUT2D eigenvalue weighted by molar-refractivity contribution is 6.00. The molecule has 0 saturated carbocycles. The monoisotopic (exact) mass is 574 g/mol. The molecule has 42 heavy (non-hydrogen) atoms. The van der Waals surface area contributed by atoms with Crippen LogP contribution in [0.15, 0.2) is 89.3 Å². The van der Waals surface area contributed by atoms with Gasteiger partial charge in [0.05, 0.1) is 36.2 Å². The zero-order valence-corrected chi connectivity index (χ0v) is 23.3. The van der Waals surface area contributed by atoms with Crippen molar-refractivity contribution in [3.63, 3.8) is 0 Å². The Morgan fingerprint density at radius 1 is 0.786 bits per heavy atom. The Labute approximate surface area is 241 Å². The third kappa shape index (κ3) is 7.33. The number of aromatic hydroxyl groups is 3. The van der Waals surface area contributed by atoms with Gasteiger partial charge in [-0.2, -0.15) is 0 Å². The number of esters is 2. The Bertz CT molecular complexity index is 1530. The van der Waals surface area contributed by atoms with Gasteiger partial charge in [-0.05, 0) is 49.2 Å². The second-order valence-electron chi connectivity index (χ2n) is 9.14. The zero-order chi connectivity index (χ0) is 31.0. The van der Waals surface area contributed by atoms with E-state index in [0.717, 1.165) is 5.56 Å². The number of hydrogen-bond acceptors (Lipinski definition) is 10. The lowest BCUT2D eigenvalue weighted by atomic mass is 9.79. The number of dihydropyridines is 1. The average molecular weight is 575 g/mol. The number of phenolic OH excluding ortho intramolecular Hbond substituents is 3. The number of nitrogens with zero attached hydrogens (tertiary/aromatic N) is 1. The van der Waals surface area contributed by atoms with Crippen molar-refractivity contribution in [2.24, 2.45) is 0 Å². The number of ether oxygens (including phenoxy) is 2. The number of allylic oxidation sites excluding steroid dienone is 2. The molecule has 0 atom stereocenters. The van der Waals surface area contributed by atoms with Crippen molar-refractivity contribution in [1.82, 2.24) is 5.32 Å². The first-order chi connectivity index (χ1) is 20.0. The fourth-order valence-electron chi connectivity index (χ4n) is 4.46. The number of rotatable bonds is 6. The molecule has 0 aromatic heterocycles. The standard InChI is InChI=1S/C17H18N2O6.C14H12O3/c1-9-13(16(20)24-3)15(14(10(2)18-9)17(21)25-4)11-7-5-6-8-12(11)19(22)23;15-12-5-3-10(4-6-12)1-2-11-7-13(16)9-14(17)8-11/h5-8,15,18H,1-4H3;1-9,15-17H. The van der Waals surface area contributed by atoms with Crippen molar-refractivity contribution in [3.05, 3.63) is 116 Å². The van der Waals surface area contributed by atoms with Gasteiger partial charge in [-0.1, -0.05) is 42.5 Å². The molecule has 0 spiro atoms. The van der Waals surface area contributed by atoms with E-state index in [1.54, 1.807) is 62.4 Å². The summed E-state index contributed by atoms with van der Waals surface area (Å²) >= 11 is 0. The van der Waals surface area contributed by atoms with Gasteiger partial charge < -0.3 is 30.1 Å². The van der Waals surface area contributed by atoms with E-state index in [9.17, 15) is 29.9 Å². The number of carbonyl (C=O) groups is 2. The molecule has 1 aliphatic rings. The summed E-state index contributed by atoms with van der Waals surface area (Å²) < 4.78 is 9.66. The Morgan fingerprint density at radius 3 is 1.79 bits per heavy atom. The van der Waals surface area contributed by atoms with Crippen LogP contribution >= 0.6 is 0 Å². The van der Waals surface area contributed by atoms with E-state index in [4.69, 9.17) is 14.6 Å². The molecule has 0 unspecified atom stereocenters. The Balaban J connectivity index is 0.000000247. The Hall–Kier alpha value is -5.58. The molecule has 11 heteroatoms. The van der Waals surface area contributed by atoms with Crippen LogP contribution in [0, 0.1) is 10.1 Å². The summed E-state index contributed by atoms with van der Waals surface area (Å²) in [4.78, 5) is 35.6. The van der Waals surface area contributed by atoms with Gasteiger partial charge in [-0.3, -0.25) is 10.1 Å². The smallest absolute Gasteiger partial charge is 0.336 e. The van der Waals surface area contributed by atoms with Gasteiger partial charge in [0.15, 0.2) is 0 Å². The fourth-order valence-corrected chi connectivity index (χ4v) is 4.46. The maximum absolute atomic E-state index is 12.3. The van der Waals surface area contributed by atoms with Crippen molar-refractivity contribution >= 4 is 29.8 Å². The van der Waals surface area contributed by atoms with Crippen LogP contribution in [0.1, 0.15) is 36.5 Å². The quantitative estimate of drug-likeness (QED) is 0.134. The number of benzene rings is 3. The summed E-state index contributed by atoms with van der Waals surface area (Å²) in [6.45, 7) is 3.29. The number of hydrogen-bond donors (Lipinski definition) is 4. The van der Waals surface area contributed by atoms with Gasteiger partial charge in [-0.15, -0.1) is 0 Å². The number of nitro groups is 1. The normalized spacial score (nSPS) is 13.2. The van der Waals surface area contributed by atoms with Crippen molar-refractivity contribution in [2.45, 2.75) is 19.8 Å². The van der Waals surface area contributed by atoms with Crippen LogP contribution in [0.2, 0.25) is 0 Å². The number of nitro benzene ring substituents is 1. The average Bonchev–Trinajstić information content (AvgIpc) is 2.95. The summed E-state index contributed by atoms with van der Waals surface area (Å²) in [6, 6.07) is 17.1. The molecule has 4 rings (SSSR count). The highest BCUT2D eigenvalue weighted by Gasteiger charge is 2.40. The maximum atomic E-state index is 12.3. The molecule has 3 aromatic rings. The topological polar surface area (TPSA) is 168 Å². The molecule has 218 valence electrons. The van der Waals surface area contributed by atoms with Crippen LogP contribution in [0.5, 0.6) is 17.2 Å².